The summed E-state index contributed by atoms with van der Waals surface area (Å²) in [7, 11) is 1.63. The maximum atomic E-state index is 5.82. The van der Waals surface area contributed by atoms with Crippen molar-refractivity contribution in [3.63, 3.8) is 0 Å². The molecule has 0 spiro atoms. The zero-order valence-corrected chi connectivity index (χ0v) is 7.66. The molecule has 1 aromatic rings. The topological polar surface area (TPSA) is 35.2 Å². The number of benzene rings is 1. The first-order chi connectivity index (χ1) is 6.27. The van der Waals surface area contributed by atoms with E-state index in [0.29, 0.717) is 6.61 Å². The highest BCUT2D eigenvalue weighted by atomic mass is 16.5. The Morgan fingerprint density at radius 3 is 2.54 bits per heavy atom. The van der Waals surface area contributed by atoms with E-state index in [2.05, 4.69) is 5.92 Å². The van der Waals surface area contributed by atoms with Crippen LogP contribution in [0.2, 0.25) is 0 Å². The number of methoxy groups -OCH3 is 1. The van der Waals surface area contributed by atoms with Crippen LogP contribution in [0.5, 0.6) is 0 Å². The van der Waals surface area contributed by atoms with Crippen LogP contribution < -0.4 is 5.73 Å². The van der Waals surface area contributed by atoms with Crippen molar-refractivity contribution >= 4 is 0 Å². The Balaban J connectivity index is 2.75. The van der Waals surface area contributed by atoms with Gasteiger partial charge < -0.3 is 10.5 Å². The Hall–Kier alpha value is -1.30. The zero-order chi connectivity index (χ0) is 9.68. The summed E-state index contributed by atoms with van der Waals surface area (Å²) < 4.78 is 4.95. The average molecular weight is 175 g/mol. The summed E-state index contributed by atoms with van der Waals surface area (Å²) >= 11 is 0. The minimum absolute atomic E-state index is 0.0724. The molecule has 0 heterocycles. The summed E-state index contributed by atoms with van der Waals surface area (Å²) in [6.07, 6.45) is 5.23. The van der Waals surface area contributed by atoms with E-state index in [-0.39, 0.29) is 6.04 Å². The number of hydrogen-bond donors (Lipinski definition) is 1. The molecule has 1 rings (SSSR count). The second kappa shape index (κ2) is 4.66. The minimum Gasteiger partial charge on any atom is -0.383 e. The fourth-order valence-electron chi connectivity index (χ4n) is 1.10. The van der Waals surface area contributed by atoms with Gasteiger partial charge in [0.2, 0.25) is 0 Å². The first kappa shape index (κ1) is 9.79. The highest BCUT2D eigenvalue weighted by Crippen LogP contribution is 2.11. The zero-order valence-electron chi connectivity index (χ0n) is 7.66. The summed E-state index contributed by atoms with van der Waals surface area (Å²) in [4.78, 5) is 0. The standard InChI is InChI=1S/C11H13NO/c1-3-9-4-6-10(7-5-9)11(12)8-13-2/h1,4-7,11H,8,12H2,2H3/t11-/m1/s1. The molecular formula is C11H13NO. The summed E-state index contributed by atoms with van der Waals surface area (Å²) in [6, 6.07) is 7.55. The van der Waals surface area contributed by atoms with Crippen molar-refractivity contribution in [2.75, 3.05) is 13.7 Å². The van der Waals surface area contributed by atoms with Gasteiger partial charge in [-0.3, -0.25) is 0 Å². The third-order valence-electron chi connectivity index (χ3n) is 1.85. The maximum absolute atomic E-state index is 5.82. The number of nitrogens with two attached hydrogens (primary N) is 1. The van der Waals surface area contributed by atoms with Crippen molar-refractivity contribution in [1.82, 2.24) is 0 Å². The number of rotatable bonds is 3. The van der Waals surface area contributed by atoms with Gasteiger partial charge in [-0.05, 0) is 17.7 Å². The summed E-state index contributed by atoms with van der Waals surface area (Å²) in [5, 5.41) is 0. The van der Waals surface area contributed by atoms with Gasteiger partial charge in [-0.25, -0.2) is 0 Å². The van der Waals surface area contributed by atoms with Gasteiger partial charge in [0.15, 0.2) is 0 Å². The van der Waals surface area contributed by atoms with Crippen LogP contribution in [0.25, 0.3) is 0 Å². The third-order valence-corrected chi connectivity index (χ3v) is 1.85. The lowest BCUT2D eigenvalue weighted by Crippen LogP contribution is -2.15. The van der Waals surface area contributed by atoms with Crippen LogP contribution in [0.1, 0.15) is 17.2 Å². The van der Waals surface area contributed by atoms with Gasteiger partial charge in [0, 0.05) is 12.7 Å². The Morgan fingerprint density at radius 1 is 1.46 bits per heavy atom. The lowest BCUT2D eigenvalue weighted by atomic mass is 10.1. The fourth-order valence-corrected chi connectivity index (χ4v) is 1.10. The molecule has 0 aliphatic rings. The predicted molar refractivity (Wildman–Crippen MR) is 53.2 cm³/mol. The molecule has 0 bridgehead atoms. The van der Waals surface area contributed by atoms with E-state index in [1.165, 1.54) is 0 Å². The summed E-state index contributed by atoms with van der Waals surface area (Å²) in [5.74, 6) is 2.55. The van der Waals surface area contributed by atoms with Gasteiger partial charge in [0.05, 0.1) is 12.6 Å². The molecule has 0 radical (unpaired) electrons. The van der Waals surface area contributed by atoms with Gasteiger partial charge in [-0.2, -0.15) is 0 Å². The molecule has 0 aromatic heterocycles. The van der Waals surface area contributed by atoms with Crippen LogP contribution in [-0.4, -0.2) is 13.7 Å². The predicted octanol–water partition coefficient (Wildman–Crippen LogP) is 1.31. The Labute approximate surface area is 78.7 Å². The van der Waals surface area contributed by atoms with Gasteiger partial charge in [0.25, 0.3) is 0 Å². The molecule has 0 aliphatic heterocycles. The van der Waals surface area contributed by atoms with Gasteiger partial charge in [-0.1, -0.05) is 18.1 Å². The maximum Gasteiger partial charge on any atom is 0.0655 e. The monoisotopic (exact) mass is 175 g/mol. The first-order valence-electron chi connectivity index (χ1n) is 4.09. The molecular weight excluding hydrogens is 162 g/mol. The number of ether oxygens (including phenoxy) is 1. The van der Waals surface area contributed by atoms with Gasteiger partial charge in [-0.15, -0.1) is 6.42 Å². The molecule has 2 heteroatoms. The van der Waals surface area contributed by atoms with Gasteiger partial charge in [0.1, 0.15) is 0 Å². The Morgan fingerprint density at radius 2 is 2.08 bits per heavy atom. The molecule has 2 N–H and O–H groups in total. The molecule has 0 fully saturated rings. The summed E-state index contributed by atoms with van der Waals surface area (Å²) in [6.45, 7) is 0.523. The lowest BCUT2D eigenvalue weighted by molar-refractivity contribution is 0.181. The van der Waals surface area contributed by atoms with E-state index in [9.17, 15) is 0 Å². The molecule has 0 saturated heterocycles. The van der Waals surface area contributed by atoms with Gasteiger partial charge >= 0.3 is 0 Å². The van der Waals surface area contributed by atoms with E-state index in [1.807, 2.05) is 24.3 Å². The third kappa shape index (κ3) is 2.59. The van der Waals surface area contributed by atoms with E-state index in [0.717, 1.165) is 11.1 Å². The highest BCUT2D eigenvalue weighted by Gasteiger charge is 2.03. The van der Waals surface area contributed by atoms with E-state index >= 15 is 0 Å². The Kier molecular flexibility index (Phi) is 3.51. The second-order valence-electron chi connectivity index (χ2n) is 2.83. The van der Waals surface area contributed by atoms with E-state index in [1.54, 1.807) is 7.11 Å². The highest BCUT2D eigenvalue weighted by molar-refractivity contribution is 5.35. The summed E-state index contributed by atoms with van der Waals surface area (Å²) in [5.41, 5.74) is 7.73. The van der Waals surface area contributed by atoms with Crippen LogP contribution in [-0.2, 0) is 4.74 Å². The molecule has 0 aliphatic carbocycles. The molecule has 68 valence electrons. The molecule has 0 unspecified atom stereocenters. The average Bonchev–Trinajstić information content (AvgIpc) is 2.18. The molecule has 0 saturated carbocycles. The molecule has 2 nitrogen and oxygen atoms in total. The van der Waals surface area contributed by atoms with E-state index in [4.69, 9.17) is 16.9 Å². The second-order valence-corrected chi connectivity index (χ2v) is 2.83. The van der Waals surface area contributed by atoms with Crippen molar-refractivity contribution in [1.29, 1.82) is 0 Å². The fraction of sp³-hybridized carbons (Fsp3) is 0.273. The van der Waals surface area contributed by atoms with Crippen molar-refractivity contribution in [3.8, 4) is 12.3 Å². The number of hydrogen-bond acceptors (Lipinski definition) is 2. The largest absolute Gasteiger partial charge is 0.383 e. The minimum atomic E-state index is -0.0724. The van der Waals surface area contributed by atoms with Crippen molar-refractivity contribution in [2.45, 2.75) is 6.04 Å². The van der Waals surface area contributed by atoms with Crippen molar-refractivity contribution < 1.29 is 4.74 Å². The molecule has 1 aromatic carbocycles. The quantitative estimate of drug-likeness (QED) is 0.703. The molecule has 1 atom stereocenters. The normalized spacial score (nSPS) is 12.1. The van der Waals surface area contributed by atoms with E-state index < -0.39 is 0 Å². The van der Waals surface area contributed by atoms with Crippen molar-refractivity contribution in [3.05, 3.63) is 35.4 Å². The van der Waals surface area contributed by atoms with Crippen LogP contribution in [0.3, 0.4) is 0 Å². The van der Waals surface area contributed by atoms with Crippen LogP contribution in [0, 0.1) is 12.3 Å². The number of terminal acetylenes is 1. The lowest BCUT2D eigenvalue weighted by Gasteiger charge is -2.10. The smallest absolute Gasteiger partial charge is 0.0655 e. The molecule has 0 amide bonds. The SMILES string of the molecule is C#Cc1ccc([C@H](N)COC)cc1. The first-order valence-corrected chi connectivity index (χ1v) is 4.09. The van der Waals surface area contributed by atoms with Crippen LogP contribution in [0.15, 0.2) is 24.3 Å². The van der Waals surface area contributed by atoms with Crippen LogP contribution in [0.4, 0.5) is 0 Å². The Bertz CT molecular complexity index is 297. The van der Waals surface area contributed by atoms with Crippen molar-refractivity contribution in [2.24, 2.45) is 5.73 Å². The van der Waals surface area contributed by atoms with Crippen LogP contribution >= 0.6 is 0 Å². The molecule has 13 heavy (non-hydrogen) atoms.